The van der Waals surface area contributed by atoms with Gasteiger partial charge in [0, 0.05) is 11.6 Å². The van der Waals surface area contributed by atoms with Gasteiger partial charge in [0.1, 0.15) is 0 Å². The van der Waals surface area contributed by atoms with Crippen LogP contribution in [0.5, 0.6) is 5.88 Å². The predicted molar refractivity (Wildman–Crippen MR) is 56.8 cm³/mol. The van der Waals surface area contributed by atoms with Gasteiger partial charge >= 0.3 is 12.3 Å². The highest BCUT2D eigenvalue weighted by atomic mass is 35.5. The molecule has 0 bridgehead atoms. The minimum absolute atomic E-state index is 0.513. The van der Waals surface area contributed by atoms with E-state index >= 15 is 0 Å². The number of ether oxygens (including phenoxy) is 1. The van der Waals surface area contributed by atoms with Crippen molar-refractivity contribution in [2.24, 2.45) is 0 Å². The first-order chi connectivity index (χ1) is 9.14. The Morgan fingerprint density at radius 1 is 1.45 bits per heavy atom. The summed E-state index contributed by atoms with van der Waals surface area (Å²) >= 11 is 5.35. The standard InChI is InChI=1S/C10H7ClF5NO3/c11-3-5-8(9(12)13)4(2-7(18)19)1-6(17-5)20-10(14,15)16/h1,9H,2-3H2,(H,18,19). The van der Waals surface area contributed by atoms with Crippen molar-refractivity contribution >= 4 is 17.6 Å². The van der Waals surface area contributed by atoms with Gasteiger partial charge < -0.3 is 9.84 Å². The Labute approximate surface area is 114 Å². The van der Waals surface area contributed by atoms with Crippen LogP contribution in [0.4, 0.5) is 22.0 Å². The summed E-state index contributed by atoms with van der Waals surface area (Å²) in [4.78, 5) is 13.8. The van der Waals surface area contributed by atoms with Gasteiger partial charge in [0.15, 0.2) is 0 Å². The molecule has 20 heavy (non-hydrogen) atoms. The van der Waals surface area contributed by atoms with E-state index in [2.05, 4.69) is 9.72 Å². The average Bonchev–Trinajstić information content (AvgIpc) is 2.24. The lowest BCUT2D eigenvalue weighted by Crippen LogP contribution is -2.19. The average molecular weight is 320 g/mol. The Morgan fingerprint density at radius 2 is 2.05 bits per heavy atom. The molecule has 0 aliphatic rings. The van der Waals surface area contributed by atoms with Crippen molar-refractivity contribution in [3.8, 4) is 5.88 Å². The number of hydrogen-bond acceptors (Lipinski definition) is 3. The third-order valence-electron chi connectivity index (χ3n) is 2.11. The number of carboxylic acids is 1. The van der Waals surface area contributed by atoms with Gasteiger partial charge in [0.25, 0.3) is 6.43 Å². The van der Waals surface area contributed by atoms with Crippen molar-refractivity contribution in [3.05, 3.63) is 22.9 Å². The Kier molecular flexibility index (Phi) is 5.09. The van der Waals surface area contributed by atoms with Crippen LogP contribution in [-0.2, 0) is 17.1 Å². The summed E-state index contributed by atoms with van der Waals surface area (Å²) in [6.45, 7) is 0. The highest BCUT2D eigenvalue weighted by Crippen LogP contribution is 2.31. The van der Waals surface area contributed by atoms with Crippen LogP contribution in [0.3, 0.4) is 0 Å². The van der Waals surface area contributed by atoms with Gasteiger partial charge in [-0.2, -0.15) is 0 Å². The number of aromatic nitrogens is 1. The second kappa shape index (κ2) is 6.21. The lowest BCUT2D eigenvalue weighted by Gasteiger charge is -2.14. The normalized spacial score (nSPS) is 11.8. The lowest BCUT2D eigenvalue weighted by atomic mass is 10.0. The van der Waals surface area contributed by atoms with Gasteiger partial charge in [-0.05, 0) is 5.56 Å². The molecule has 1 aromatic rings. The summed E-state index contributed by atoms with van der Waals surface area (Å²) in [6, 6.07) is 0.513. The van der Waals surface area contributed by atoms with Crippen LogP contribution in [0.15, 0.2) is 6.07 Å². The third-order valence-corrected chi connectivity index (χ3v) is 2.36. The summed E-state index contributed by atoms with van der Waals surface area (Å²) in [5.74, 6) is -3.13. The zero-order chi connectivity index (χ0) is 15.5. The summed E-state index contributed by atoms with van der Waals surface area (Å²) < 4.78 is 65.4. The maximum absolute atomic E-state index is 12.8. The molecular formula is C10H7ClF5NO3. The number of pyridine rings is 1. The van der Waals surface area contributed by atoms with Crippen LogP contribution in [0.2, 0.25) is 0 Å². The van der Waals surface area contributed by atoms with E-state index in [-0.39, 0.29) is 0 Å². The molecule has 0 aromatic carbocycles. The van der Waals surface area contributed by atoms with Crippen LogP contribution >= 0.6 is 11.6 Å². The molecule has 0 spiro atoms. The Hall–Kier alpha value is -1.64. The van der Waals surface area contributed by atoms with Crippen molar-refractivity contribution in [2.75, 3.05) is 0 Å². The highest BCUT2D eigenvalue weighted by Gasteiger charge is 2.33. The van der Waals surface area contributed by atoms with Crippen molar-refractivity contribution in [1.29, 1.82) is 0 Å². The molecular weight excluding hydrogens is 313 g/mol. The highest BCUT2D eigenvalue weighted by molar-refractivity contribution is 6.17. The van der Waals surface area contributed by atoms with E-state index in [9.17, 15) is 26.7 Å². The first-order valence-corrected chi connectivity index (χ1v) is 5.52. The van der Waals surface area contributed by atoms with E-state index in [0.29, 0.717) is 6.07 Å². The fourth-order valence-corrected chi connectivity index (χ4v) is 1.69. The molecule has 0 unspecified atom stereocenters. The van der Waals surface area contributed by atoms with Crippen LogP contribution in [0, 0.1) is 0 Å². The topological polar surface area (TPSA) is 59.4 Å². The second-order valence-corrected chi connectivity index (χ2v) is 3.80. The molecule has 0 aliphatic carbocycles. The molecule has 112 valence electrons. The van der Waals surface area contributed by atoms with E-state index in [0.717, 1.165) is 0 Å². The molecule has 10 heteroatoms. The molecule has 1 aromatic heterocycles. The van der Waals surface area contributed by atoms with Crippen LogP contribution in [0.1, 0.15) is 23.2 Å². The number of carbonyl (C=O) groups is 1. The molecule has 0 radical (unpaired) electrons. The van der Waals surface area contributed by atoms with Gasteiger partial charge in [0.05, 0.1) is 18.0 Å². The van der Waals surface area contributed by atoms with Crippen LogP contribution in [-0.4, -0.2) is 22.4 Å². The first-order valence-electron chi connectivity index (χ1n) is 4.98. The number of hydrogen-bond donors (Lipinski definition) is 1. The van der Waals surface area contributed by atoms with E-state index in [4.69, 9.17) is 16.7 Å². The van der Waals surface area contributed by atoms with Crippen molar-refractivity contribution in [2.45, 2.75) is 25.1 Å². The smallest absolute Gasteiger partial charge is 0.481 e. The second-order valence-electron chi connectivity index (χ2n) is 3.53. The number of halogens is 6. The molecule has 4 nitrogen and oxygen atoms in total. The van der Waals surface area contributed by atoms with E-state index in [1.807, 2.05) is 0 Å². The predicted octanol–water partition coefficient (Wildman–Crippen LogP) is 3.28. The van der Waals surface area contributed by atoms with Gasteiger partial charge in [-0.1, -0.05) is 0 Å². The summed E-state index contributed by atoms with van der Waals surface area (Å²) in [5, 5.41) is 8.60. The van der Waals surface area contributed by atoms with E-state index in [1.54, 1.807) is 0 Å². The van der Waals surface area contributed by atoms with Crippen molar-refractivity contribution in [1.82, 2.24) is 4.98 Å². The quantitative estimate of drug-likeness (QED) is 0.668. The maximum atomic E-state index is 12.8. The molecule has 0 amide bonds. The Morgan fingerprint density at radius 3 is 2.45 bits per heavy atom. The van der Waals surface area contributed by atoms with Gasteiger partial charge in [-0.3, -0.25) is 4.79 Å². The summed E-state index contributed by atoms with van der Waals surface area (Å²) in [7, 11) is 0. The van der Waals surface area contributed by atoms with Crippen LogP contribution < -0.4 is 4.74 Å². The number of alkyl halides is 6. The first kappa shape index (κ1) is 16.4. The van der Waals surface area contributed by atoms with Gasteiger partial charge in [-0.15, -0.1) is 24.8 Å². The monoisotopic (exact) mass is 319 g/mol. The molecule has 0 saturated heterocycles. The third kappa shape index (κ3) is 4.48. The van der Waals surface area contributed by atoms with Crippen molar-refractivity contribution < 1.29 is 36.6 Å². The van der Waals surface area contributed by atoms with Gasteiger partial charge in [-0.25, -0.2) is 13.8 Å². The Bertz CT molecular complexity index is 506. The summed E-state index contributed by atoms with van der Waals surface area (Å²) in [5.41, 5.74) is -1.88. The van der Waals surface area contributed by atoms with Gasteiger partial charge in [0.2, 0.25) is 5.88 Å². The van der Waals surface area contributed by atoms with E-state index < -0.39 is 53.8 Å². The fourth-order valence-electron chi connectivity index (χ4n) is 1.49. The van der Waals surface area contributed by atoms with E-state index in [1.165, 1.54) is 0 Å². The molecule has 1 N–H and O–H groups in total. The molecule has 0 atom stereocenters. The largest absolute Gasteiger partial charge is 0.574 e. The number of aliphatic carboxylic acids is 1. The number of nitrogens with zero attached hydrogens (tertiary/aromatic N) is 1. The molecule has 0 aliphatic heterocycles. The van der Waals surface area contributed by atoms with Crippen molar-refractivity contribution in [3.63, 3.8) is 0 Å². The number of rotatable bonds is 5. The fraction of sp³-hybridized carbons (Fsp3) is 0.400. The summed E-state index contributed by atoms with van der Waals surface area (Å²) in [6.07, 6.45) is -9.10. The molecule has 0 saturated carbocycles. The molecule has 0 fully saturated rings. The zero-order valence-electron chi connectivity index (χ0n) is 9.55. The lowest BCUT2D eigenvalue weighted by molar-refractivity contribution is -0.276. The SMILES string of the molecule is O=C(O)Cc1cc(OC(F)(F)F)nc(CCl)c1C(F)F. The maximum Gasteiger partial charge on any atom is 0.574 e. The number of carboxylic acid groups (broad SMARTS) is 1. The zero-order valence-corrected chi connectivity index (χ0v) is 10.3. The van der Waals surface area contributed by atoms with Crippen LogP contribution in [0.25, 0.3) is 0 Å². The Balaban J connectivity index is 3.35. The molecule has 1 heterocycles. The molecule has 1 rings (SSSR count). The minimum atomic E-state index is -5.08. The minimum Gasteiger partial charge on any atom is -0.481 e.